The zero-order valence-electron chi connectivity index (χ0n) is 11.2. The van der Waals surface area contributed by atoms with Crippen molar-refractivity contribution in [2.45, 2.75) is 26.3 Å². The molecule has 1 aromatic carbocycles. The lowest BCUT2D eigenvalue weighted by molar-refractivity contribution is 0.381. The Balaban J connectivity index is 2.23. The highest BCUT2D eigenvalue weighted by atomic mass is 32.1. The van der Waals surface area contributed by atoms with Crippen molar-refractivity contribution in [2.24, 2.45) is 0 Å². The molecule has 0 aliphatic rings. The number of hydrogen-bond donors (Lipinski definition) is 1. The van der Waals surface area contributed by atoms with Gasteiger partial charge in [-0.15, -0.1) is 11.3 Å². The van der Waals surface area contributed by atoms with Gasteiger partial charge in [0.05, 0.1) is 0 Å². The Morgan fingerprint density at radius 1 is 0.952 bits per heavy atom. The van der Waals surface area contributed by atoms with Crippen molar-refractivity contribution < 1.29 is 22.0 Å². The molecule has 0 amide bonds. The van der Waals surface area contributed by atoms with Crippen molar-refractivity contribution in [1.82, 2.24) is 0 Å². The highest BCUT2D eigenvalue weighted by Crippen LogP contribution is 2.28. The van der Waals surface area contributed by atoms with Crippen LogP contribution in [0.4, 0.5) is 27.6 Å². The van der Waals surface area contributed by atoms with Crippen LogP contribution in [0.5, 0.6) is 0 Å². The summed E-state index contributed by atoms with van der Waals surface area (Å²) in [5, 5.41) is 2.36. The van der Waals surface area contributed by atoms with E-state index >= 15 is 0 Å². The molecule has 2 aromatic rings. The van der Waals surface area contributed by atoms with Gasteiger partial charge in [0.2, 0.25) is 5.82 Å². The van der Waals surface area contributed by atoms with Gasteiger partial charge in [-0.2, -0.15) is 0 Å². The summed E-state index contributed by atoms with van der Waals surface area (Å²) in [7, 11) is 0. The van der Waals surface area contributed by atoms with Crippen molar-refractivity contribution >= 4 is 17.0 Å². The summed E-state index contributed by atoms with van der Waals surface area (Å²) < 4.78 is 66.1. The number of aryl methyl sites for hydroxylation is 1. The SMILES string of the molecule is Cc1ccc(CC(C)Nc2c(F)c(F)c(F)c(F)c2F)s1. The maximum atomic E-state index is 13.5. The van der Waals surface area contributed by atoms with Crippen LogP contribution in [0.2, 0.25) is 0 Å². The van der Waals surface area contributed by atoms with Gasteiger partial charge in [0.15, 0.2) is 23.3 Å². The highest BCUT2D eigenvalue weighted by molar-refractivity contribution is 7.11. The van der Waals surface area contributed by atoms with Crippen molar-refractivity contribution in [3.05, 3.63) is 51.0 Å². The largest absolute Gasteiger partial charge is 0.377 e. The third-order valence-corrected chi connectivity index (χ3v) is 3.93. The van der Waals surface area contributed by atoms with Gasteiger partial charge in [0.1, 0.15) is 5.69 Å². The number of nitrogens with one attached hydrogen (secondary N) is 1. The van der Waals surface area contributed by atoms with Gasteiger partial charge in [-0.1, -0.05) is 0 Å². The predicted octanol–water partition coefficient (Wildman–Crippen LogP) is 4.80. The van der Waals surface area contributed by atoms with E-state index in [9.17, 15) is 22.0 Å². The molecule has 0 saturated heterocycles. The molecule has 1 heterocycles. The van der Waals surface area contributed by atoms with Gasteiger partial charge in [-0.05, 0) is 26.0 Å². The van der Waals surface area contributed by atoms with Crippen LogP contribution in [0.15, 0.2) is 12.1 Å². The molecule has 1 N–H and O–H groups in total. The normalized spacial score (nSPS) is 12.5. The summed E-state index contributed by atoms with van der Waals surface area (Å²) in [6.07, 6.45) is 0.415. The molecule has 0 aliphatic carbocycles. The quantitative estimate of drug-likeness (QED) is 0.485. The summed E-state index contributed by atoms with van der Waals surface area (Å²) in [6, 6.07) is 3.26. The van der Waals surface area contributed by atoms with Crippen LogP contribution in [-0.2, 0) is 6.42 Å². The molecule has 0 spiro atoms. The molecule has 7 heteroatoms. The average Bonchev–Trinajstić information content (AvgIpc) is 2.84. The Kier molecular flexibility index (Phi) is 4.51. The zero-order valence-corrected chi connectivity index (χ0v) is 12.1. The highest BCUT2D eigenvalue weighted by Gasteiger charge is 2.26. The topological polar surface area (TPSA) is 12.0 Å². The van der Waals surface area contributed by atoms with Crippen LogP contribution in [0.1, 0.15) is 16.7 Å². The molecule has 0 fully saturated rings. The van der Waals surface area contributed by atoms with Crippen molar-refractivity contribution in [1.29, 1.82) is 0 Å². The number of thiophene rings is 1. The Labute approximate surface area is 122 Å². The van der Waals surface area contributed by atoms with Crippen LogP contribution in [0.3, 0.4) is 0 Å². The Morgan fingerprint density at radius 2 is 1.48 bits per heavy atom. The van der Waals surface area contributed by atoms with E-state index in [1.807, 2.05) is 19.1 Å². The van der Waals surface area contributed by atoms with E-state index in [-0.39, 0.29) is 0 Å². The molecule has 0 bridgehead atoms. The second-order valence-corrected chi connectivity index (χ2v) is 6.08. The maximum absolute atomic E-state index is 13.5. The third kappa shape index (κ3) is 3.18. The standard InChI is InChI=1S/C14H12F5NS/c1-6(5-8-4-3-7(2)21-8)20-14-12(18)10(16)9(15)11(17)13(14)19/h3-4,6,20H,5H2,1-2H3. The van der Waals surface area contributed by atoms with Crippen LogP contribution < -0.4 is 5.32 Å². The van der Waals surface area contributed by atoms with Gasteiger partial charge in [-0.25, -0.2) is 22.0 Å². The molecule has 1 atom stereocenters. The fourth-order valence-electron chi connectivity index (χ4n) is 1.93. The Morgan fingerprint density at radius 3 is 1.95 bits per heavy atom. The summed E-state index contributed by atoms with van der Waals surface area (Å²) in [6.45, 7) is 3.52. The molecule has 1 nitrogen and oxygen atoms in total. The predicted molar refractivity (Wildman–Crippen MR) is 72.1 cm³/mol. The van der Waals surface area contributed by atoms with Gasteiger partial charge in [-0.3, -0.25) is 0 Å². The minimum absolute atomic E-state index is 0.415. The van der Waals surface area contributed by atoms with Crippen molar-refractivity contribution in [3.63, 3.8) is 0 Å². The van der Waals surface area contributed by atoms with Crippen LogP contribution in [-0.4, -0.2) is 6.04 Å². The van der Waals surface area contributed by atoms with E-state index in [1.165, 1.54) is 11.3 Å². The van der Waals surface area contributed by atoms with Gasteiger partial charge >= 0.3 is 0 Å². The molecule has 21 heavy (non-hydrogen) atoms. The summed E-state index contributed by atoms with van der Waals surface area (Å²) in [4.78, 5) is 2.03. The molecule has 0 radical (unpaired) electrons. The smallest absolute Gasteiger partial charge is 0.200 e. The van der Waals surface area contributed by atoms with E-state index in [4.69, 9.17) is 0 Å². The van der Waals surface area contributed by atoms with Gasteiger partial charge in [0, 0.05) is 22.2 Å². The van der Waals surface area contributed by atoms with Crippen LogP contribution in [0.25, 0.3) is 0 Å². The maximum Gasteiger partial charge on any atom is 0.200 e. The number of anilines is 1. The summed E-state index contributed by atoms with van der Waals surface area (Å²) in [5.74, 6) is -9.75. The van der Waals surface area contributed by atoms with E-state index in [2.05, 4.69) is 5.32 Å². The lowest BCUT2D eigenvalue weighted by atomic mass is 10.1. The van der Waals surface area contributed by atoms with Crippen molar-refractivity contribution in [3.8, 4) is 0 Å². The number of hydrogen-bond acceptors (Lipinski definition) is 2. The monoisotopic (exact) mass is 321 g/mol. The molecule has 1 aromatic heterocycles. The first-order chi connectivity index (χ1) is 9.81. The summed E-state index contributed by atoms with van der Waals surface area (Å²) in [5.41, 5.74) is -0.993. The molecular formula is C14H12F5NS. The molecule has 0 saturated carbocycles. The van der Waals surface area contributed by atoms with E-state index in [0.717, 1.165) is 9.75 Å². The Hall–Kier alpha value is -1.63. The summed E-state index contributed by atoms with van der Waals surface area (Å²) >= 11 is 1.51. The first-order valence-corrected chi connectivity index (χ1v) is 6.96. The second-order valence-electron chi connectivity index (χ2n) is 4.71. The molecule has 1 unspecified atom stereocenters. The first kappa shape index (κ1) is 15.8. The third-order valence-electron chi connectivity index (χ3n) is 2.90. The van der Waals surface area contributed by atoms with E-state index < -0.39 is 40.8 Å². The fraction of sp³-hybridized carbons (Fsp3) is 0.286. The van der Waals surface area contributed by atoms with Crippen molar-refractivity contribution in [2.75, 3.05) is 5.32 Å². The average molecular weight is 321 g/mol. The van der Waals surface area contributed by atoms with Crippen LogP contribution in [0, 0.1) is 36.0 Å². The van der Waals surface area contributed by atoms with E-state index in [1.54, 1.807) is 6.92 Å². The first-order valence-electron chi connectivity index (χ1n) is 6.14. The lowest BCUT2D eigenvalue weighted by Crippen LogP contribution is -2.21. The van der Waals surface area contributed by atoms with Gasteiger partial charge < -0.3 is 5.32 Å². The minimum atomic E-state index is -2.16. The molecular weight excluding hydrogens is 309 g/mol. The number of halogens is 5. The van der Waals surface area contributed by atoms with E-state index in [0.29, 0.717) is 6.42 Å². The van der Waals surface area contributed by atoms with Crippen LogP contribution >= 0.6 is 11.3 Å². The zero-order chi connectivity index (χ0) is 15.7. The molecule has 114 valence electrons. The number of benzene rings is 1. The lowest BCUT2D eigenvalue weighted by Gasteiger charge is -2.16. The Bertz CT molecular complexity index is 639. The number of rotatable bonds is 4. The minimum Gasteiger partial charge on any atom is -0.377 e. The second kappa shape index (κ2) is 6.01. The molecule has 2 rings (SSSR count). The fourth-order valence-corrected chi connectivity index (χ4v) is 2.94. The van der Waals surface area contributed by atoms with Gasteiger partial charge in [0.25, 0.3) is 0 Å². The molecule has 0 aliphatic heterocycles.